The van der Waals surface area contributed by atoms with Gasteiger partial charge in [-0.2, -0.15) is 0 Å². The molecule has 0 saturated heterocycles. The average molecular weight is 367 g/mol. The largest absolute Gasteiger partial charge is 0.459 e. The van der Waals surface area contributed by atoms with E-state index in [0.29, 0.717) is 18.9 Å². The quantitative estimate of drug-likeness (QED) is 0.652. The number of hydrogen-bond acceptors (Lipinski definition) is 7. The molecule has 0 radical (unpaired) electrons. The molecule has 8 nitrogen and oxygen atoms in total. The van der Waals surface area contributed by atoms with Crippen LogP contribution in [0.3, 0.4) is 0 Å². The number of aryl methyl sites for hydroxylation is 1. The van der Waals surface area contributed by atoms with E-state index in [0.717, 1.165) is 11.1 Å². The van der Waals surface area contributed by atoms with Crippen LogP contribution in [-0.2, 0) is 29.1 Å². The van der Waals surface area contributed by atoms with E-state index in [1.807, 2.05) is 24.3 Å². The third-order valence-corrected chi connectivity index (χ3v) is 4.42. The van der Waals surface area contributed by atoms with Crippen LogP contribution in [0.15, 0.2) is 51.5 Å². The summed E-state index contributed by atoms with van der Waals surface area (Å²) in [6.07, 6.45) is 1.79. The molecule has 0 spiro atoms. The third kappa shape index (κ3) is 3.46. The number of ether oxygens (including phenoxy) is 1. The summed E-state index contributed by atoms with van der Waals surface area (Å²) in [6.45, 7) is 1.82. The lowest BCUT2D eigenvalue weighted by atomic mass is 9.93. The fourth-order valence-corrected chi connectivity index (χ4v) is 3.11. The van der Waals surface area contributed by atoms with Gasteiger partial charge in [-0.25, -0.2) is 4.79 Å². The lowest BCUT2D eigenvalue weighted by Gasteiger charge is -2.34. The first kappa shape index (κ1) is 17.0. The van der Waals surface area contributed by atoms with E-state index in [1.165, 1.54) is 11.2 Å². The maximum absolute atomic E-state index is 12.8. The first-order valence-corrected chi connectivity index (χ1v) is 8.48. The number of nitrogens with zero attached hydrogens (tertiary/aromatic N) is 3. The van der Waals surface area contributed by atoms with Crippen molar-refractivity contribution in [3.05, 3.63) is 71.3 Å². The Morgan fingerprint density at radius 2 is 2.00 bits per heavy atom. The van der Waals surface area contributed by atoms with Gasteiger partial charge in [0.15, 0.2) is 12.4 Å². The molecule has 1 aromatic carbocycles. The summed E-state index contributed by atoms with van der Waals surface area (Å²) in [4.78, 5) is 27.1. The van der Waals surface area contributed by atoms with Crippen molar-refractivity contribution in [2.75, 3.05) is 0 Å². The predicted molar refractivity (Wildman–Crippen MR) is 91.3 cm³/mol. The van der Waals surface area contributed by atoms with E-state index >= 15 is 0 Å². The predicted octanol–water partition coefficient (Wildman–Crippen LogP) is 2.28. The van der Waals surface area contributed by atoms with Crippen molar-refractivity contribution >= 4 is 11.9 Å². The molecule has 1 aliphatic heterocycles. The summed E-state index contributed by atoms with van der Waals surface area (Å²) >= 11 is 0. The SMILES string of the molecule is Cc1nnc(COC(=O)[C@H]2Cc3ccccc3CN2C(=O)c2ccco2)o1. The highest BCUT2D eigenvalue weighted by Gasteiger charge is 2.37. The van der Waals surface area contributed by atoms with Gasteiger partial charge >= 0.3 is 5.97 Å². The number of furan rings is 1. The van der Waals surface area contributed by atoms with Crippen LogP contribution in [0.1, 0.15) is 33.5 Å². The highest BCUT2D eigenvalue weighted by Crippen LogP contribution is 2.26. The van der Waals surface area contributed by atoms with Gasteiger partial charge in [0.1, 0.15) is 6.04 Å². The molecule has 8 heteroatoms. The number of hydrogen-bond donors (Lipinski definition) is 0. The van der Waals surface area contributed by atoms with E-state index in [2.05, 4.69) is 10.2 Å². The molecule has 2 aromatic heterocycles. The van der Waals surface area contributed by atoms with Crippen LogP contribution in [0.5, 0.6) is 0 Å². The maximum atomic E-state index is 12.8. The monoisotopic (exact) mass is 367 g/mol. The Morgan fingerprint density at radius 1 is 1.19 bits per heavy atom. The molecule has 27 heavy (non-hydrogen) atoms. The Hall–Kier alpha value is -3.42. The van der Waals surface area contributed by atoms with E-state index < -0.39 is 12.0 Å². The number of amides is 1. The van der Waals surface area contributed by atoms with Gasteiger partial charge in [-0.3, -0.25) is 4.79 Å². The van der Waals surface area contributed by atoms with Crippen molar-refractivity contribution < 1.29 is 23.2 Å². The second-order valence-electron chi connectivity index (χ2n) is 6.22. The van der Waals surface area contributed by atoms with Gasteiger partial charge in [0, 0.05) is 19.9 Å². The normalized spacial score (nSPS) is 16.0. The summed E-state index contributed by atoms with van der Waals surface area (Å²) in [5.74, 6) is -0.103. The molecule has 0 fully saturated rings. The summed E-state index contributed by atoms with van der Waals surface area (Å²) in [6, 6.07) is 10.2. The van der Waals surface area contributed by atoms with Gasteiger partial charge in [-0.05, 0) is 23.3 Å². The minimum Gasteiger partial charge on any atom is -0.459 e. The molecule has 0 aliphatic carbocycles. The van der Waals surface area contributed by atoms with Crippen molar-refractivity contribution in [3.63, 3.8) is 0 Å². The van der Waals surface area contributed by atoms with E-state index in [1.54, 1.807) is 19.1 Å². The van der Waals surface area contributed by atoms with E-state index in [4.69, 9.17) is 13.6 Å². The first-order valence-electron chi connectivity index (χ1n) is 8.48. The number of carbonyl (C=O) groups excluding carboxylic acids is 2. The topological polar surface area (TPSA) is 98.7 Å². The molecule has 138 valence electrons. The van der Waals surface area contributed by atoms with Crippen LogP contribution in [0.25, 0.3) is 0 Å². The third-order valence-electron chi connectivity index (χ3n) is 4.42. The molecular weight excluding hydrogens is 350 g/mol. The first-order chi connectivity index (χ1) is 13.1. The van der Waals surface area contributed by atoms with Crippen molar-refractivity contribution in [3.8, 4) is 0 Å². The number of fused-ring (bicyclic) bond motifs is 1. The second kappa shape index (κ2) is 7.06. The molecule has 4 rings (SSSR count). The summed E-state index contributed by atoms with van der Waals surface area (Å²) < 4.78 is 15.8. The molecule has 0 saturated carbocycles. The average Bonchev–Trinajstić information content (AvgIpc) is 3.36. The molecule has 3 heterocycles. The fourth-order valence-electron chi connectivity index (χ4n) is 3.11. The Labute approximate surface area is 154 Å². The van der Waals surface area contributed by atoms with Gasteiger partial charge in [-0.1, -0.05) is 24.3 Å². The molecule has 1 amide bonds. The molecule has 3 aromatic rings. The van der Waals surface area contributed by atoms with Crippen LogP contribution < -0.4 is 0 Å². The molecule has 0 unspecified atom stereocenters. The molecular formula is C19H17N3O5. The van der Waals surface area contributed by atoms with Crippen LogP contribution in [0.4, 0.5) is 0 Å². The van der Waals surface area contributed by atoms with Gasteiger partial charge in [0.25, 0.3) is 11.8 Å². The smallest absolute Gasteiger partial charge is 0.329 e. The Morgan fingerprint density at radius 3 is 2.70 bits per heavy atom. The number of esters is 1. The standard InChI is InChI=1S/C19H17N3O5/c1-12-20-21-17(27-12)11-26-19(24)15-9-13-5-2-3-6-14(13)10-22(15)18(23)16-7-4-8-25-16/h2-8,15H,9-11H2,1H3/t15-/m1/s1. The highest BCUT2D eigenvalue weighted by molar-refractivity contribution is 5.95. The number of carbonyl (C=O) groups is 2. The minimum absolute atomic E-state index is 0.138. The van der Waals surface area contributed by atoms with Gasteiger partial charge in [0.2, 0.25) is 5.89 Å². The Balaban J connectivity index is 1.56. The zero-order valence-corrected chi connectivity index (χ0v) is 14.6. The zero-order valence-electron chi connectivity index (χ0n) is 14.6. The maximum Gasteiger partial charge on any atom is 0.329 e. The number of aromatic nitrogens is 2. The fraction of sp³-hybridized carbons (Fsp3) is 0.263. The lowest BCUT2D eigenvalue weighted by Crippen LogP contribution is -2.49. The van der Waals surface area contributed by atoms with Crippen LogP contribution in [0, 0.1) is 6.92 Å². The Bertz CT molecular complexity index is 963. The molecule has 1 atom stereocenters. The van der Waals surface area contributed by atoms with Gasteiger partial charge < -0.3 is 18.5 Å². The zero-order chi connectivity index (χ0) is 18.8. The summed E-state index contributed by atoms with van der Waals surface area (Å²) in [5.41, 5.74) is 2.01. The van der Waals surface area contributed by atoms with Crippen LogP contribution >= 0.6 is 0 Å². The summed E-state index contributed by atoms with van der Waals surface area (Å²) in [7, 11) is 0. The second-order valence-corrected chi connectivity index (χ2v) is 6.22. The van der Waals surface area contributed by atoms with Gasteiger partial charge in [0.05, 0.1) is 6.26 Å². The highest BCUT2D eigenvalue weighted by atomic mass is 16.5. The van der Waals surface area contributed by atoms with Crippen molar-refractivity contribution in [2.45, 2.75) is 32.5 Å². The van der Waals surface area contributed by atoms with Crippen LogP contribution in [0.2, 0.25) is 0 Å². The van der Waals surface area contributed by atoms with Crippen molar-refractivity contribution in [2.24, 2.45) is 0 Å². The number of benzene rings is 1. The van der Waals surface area contributed by atoms with Crippen molar-refractivity contribution in [1.29, 1.82) is 0 Å². The minimum atomic E-state index is -0.762. The van der Waals surface area contributed by atoms with E-state index in [9.17, 15) is 9.59 Å². The van der Waals surface area contributed by atoms with E-state index in [-0.39, 0.29) is 24.2 Å². The molecule has 0 bridgehead atoms. The molecule has 0 N–H and O–H groups in total. The lowest BCUT2D eigenvalue weighted by molar-refractivity contribution is -0.151. The van der Waals surface area contributed by atoms with Gasteiger partial charge in [-0.15, -0.1) is 10.2 Å². The molecule has 1 aliphatic rings. The summed E-state index contributed by atoms with van der Waals surface area (Å²) in [5, 5.41) is 7.50. The number of rotatable bonds is 4. The van der Waals surface area contributed by atoms with Crippen molar-refractivity contribution in [1.82, 2.24) is 15.1 Å². The Kier molecular flexibility index (Phi) is 4.45. The van der Waals surface area contributed by atoms with Crippen LogP contribution in [-0.4, -0.2) is 33.0 Å².